The largest absolute Gasteiger partial charge is 0.494 e. The highest BCUT2D eigenvalue weighted by molar-refractivity contribution is 5.97. The zero-order valence-corrected chi connectivity index (χ0v) is 16.2. The number of hydrogen-bond acceptors (Lipinski definition) is 5. The molecule has 6 heteroatoms. The number of nitrogens with one attached hydrogen (secondary N) is 1. The number of furan rings is 1. The summed E-state index contributed by atoms with van der Waals surface area (Å²) in [6, 6.07) is 14.9. The molecule has 6 nitrogen and oxygen atoms in total. The van der Waals surface area contributed by atoms with Crippen LogP contribution in [0.1, 0.15) is 35.5 Å². The molecule has 0 unspecified atom stereocenters. The number of carbonyl (C=O) groups is 2. The van der Waals surface area contributed by atoms with Crippen LogP contribution in [0.2, 0.25) is 0 Å². The molecule has 2 aromatic carbocycles. The fourth-order valence-corrected chi connectivity index (χ4v) is 2.85. The second-order valence-electron chi connectivity index (χ2n) is 6.40. The highest BCUT2D eigenvalue weighted by Crippen LogP contribution is 2.29. The van der Waals surface area contributed by atoms with Crippen molar-refractivity contribution >= 4 is 22.8 Å². The number of amides is 1. The van der Waals surface area contributed by atoms with E-state index in [1.165, 1.54) is 6.92 Å². The molecule has 1 amide bonds. The van der Waals surface area contributed by atoms with Gasteiger partial charge in [0.05, 0.1) is 6.61 Å². The number of esters is 1. The van der Waals surface area contributed by atoms with Crippen LogP contribution < -0.4 is 10.1 Å². The van der Waals surface area contributed by atoms with Gasteiger partial charge in [-0.3, -0.25) is 4.79 Å². The first kappa shape index (κ1) is 19.5. The predicted octanol–water partition coefficient (Wildman–Crippen LogP) is 4.00. The van der Waals surface area contributed by atoms with Crippen molar-refractivity contribution in [2.45, 2.75) is 33.4 Å². The number of aryl methyl sites for hydroxylation is 1. The monoisotopic (exact) mass is 381 g/mol. The first-order valence-electron chi connectivity index (χ1n) is 9.18. The quantitative estimate of drug-likeness (QED) is 0.626. The molecule has 0 saturated carbocycles. The molecule has 3 aromatic rings. The molecule has 3 rings (SSSR count). The average molecular weight is 381 g/mol. The van der Waals surface area contributed by atoms with E-state index in [0.717, 1.165) is 10.9 Å². The molecule has 0 aliphatic carbocycles. The molecule has 0 aliphatic rings. The molecule has 0 fully saturated rings. The van der Waals surface area contributed by atoms with Crippen molar-refractivity contribution in [1.82, 2.24) is 5.32 Å². The first-order valence-corrected chi connectivity index (χ1v) is 9.18. The lowest BCUT2D eigenvalue weighted by Crippen LogP contribution is -2.35. The van der Waals surface area contributed by atoms with E-state index >= 15 is 0 Å². The molecule has 0 radical (unpaired) electrons. The van der Waals surface area contributed by atoms with E-state index < -0.39 is 12.1 Å². The zero-order valence-electron chi connectivity index (χ0n) is 16.2. The zero-order chi connectivity index (χ0) is 20.1. The average Bonchev–Trinajstić information content (AvgIpc) is 3.03. The minimum atomic E-state index is -0.942. The predicted molar refractivity (Wildman–Crippen MR) is 105 cm³/mol. The van der Waals surface area contributed by atoms with Gasteiger partial charge in [-0.05, 0) is 44.5 Å². The molecule has 28 heavy (non-hydrogen) atoms. The van der Waals surface area contributed by atoms with Gasteiger partial charge in [0.25, 0.3) is 5.91 Å². The molecule has 146 valence electrons. The van der Waals surface area contributed by atoms with Crippen LogP contribution in [0.3, 0.4) is 0 Å². The third kappa shape index (κ3) is 4.34. The summed E-state index contributed by atoms with van der Waals surface area (Å²) < 4.78 is 16.4. The SMILES string of the molecule is CCOc1ccc2oc(C(=O)O[C@@H](C)C(=O)NCc3ccccc3)c(C)c2c1. The first-order chi connectivity index (χ1) is 13.5. The van der Waals surface area contributed by atoms with Crippen LogP contribution in [0.5, 0.6) is 5.75 Å². The van der Waals surface area contributed by atoms with Crippen molar-refractivity contribution in [1.29, 1.82) is 0 Å². The third-order valence-corrected chi connectivity index (χ3v) is 4.37. The van der Waals surface area contributed by atoms with Gasteiger partial charge in [0.2, 0.25) is 5.76 Å². The van der Waals surface area contributed by atoms with Crippen molar-refractivity contribution in [3.63, 3.8) is 0 Å². The molecular weight excluding hydrogens is 358 g/mol. The highest BCUT2D eigenvalue weighted by atomic mass is 16.6. The second kappa shape index (κ2) is 8.61. The van der Waals surface area contributed by atoms with E-state index in [-0.39, 0.29) is 11.7 Å². The van der Waals surface area contributed by atoms with Gasteiger partial charge in [-0.25, -0.2) is 4.79 Å². The number of fused-ring (bicyclic) bond motifs is 1. The van der Waals surface area contributed by atoms with E-state index in [4.69, 9.17) is 13.9 Å². The molecule has 1 N–H and O–H groups in total. The Labute approximate surface area is 163 Å². The van der Waals surface area contributed by atoms with E-state index in [2.05, 4.69) is 5.32 Å². The van der Waals surface area contributed by atoms with Gasteiger partial charge in [-0.15, -0.1) is 0 Å². The van der Waals surface area contributed by atoms with Crippen LogP contribution >= 0.6 is 0 Å². The lowest BCUT2D eigenvalue weighted by molar-refractivity contribution is -0.129. The van der Waals surface area contributed by atoms with Crippen LogP contribution in [0.4, 0.5) is 0 Å². The molecule has 0 aliphatic heterocycles. The van der Waals surface area contributed by atoms with Gasteiger partial charge in [0.1, 0.15) is 11.3 Å². The lowest BCUT2D eigenvalue weighted by Gasteiger charge is -2.13. The summed E-state index contributed by atoms with van der Waals surface area (Å²) in [5.41, 5.74) is 2.18. The molecule has 0 saturated heterocycles. The van der Waals surface area contributed by atoms with Crippen LogP contribution in [0.25, 0.3) is 11.0 Å². The van der Waals surface area contributed by atoms with Crippen LogP contribution in [0, 0.1) is 6.92 Å². The number of carbonyl (C=O) groups excluding carboxylic acids is 2. The van der Waals surface area contributed by atoms with Crippen molar-refractivity contribution in [3.05, 3.63) is 65.4 Å². The van der Waals surface area contributed by atoms with Gasteiger partial charge in [-0.1, -0.05) is 30.3 Å². The normalized spacial score (nSPS) is 11.8. The number of benzene rings is 2. The molecule has 1 atom stereocenters. The highest BCUT2D eigenvalue weighted by Gasteiger charge is 2.24. The molecule has 0 bridgehead atoms. The summed E-state index contributed by atoms with van der Waals surface area (Å²) in [4.78, 5) is 24.7. The summed E-state index contributed by atoms with van der Waals surface area (Å²) in [7, 11) is 0. The Balaban J connectivity index is 1.66. The van der Waals surface area contributed by atoms with Gasteiger partial charge in [0, 0.05) is 17.5 Å². The fourth-order valence-electron chi connectivity index (χ4n) is 2.85. The fraction of sp³-hybridized carbons (Fsp3) is 0.273. The molecule has 1 heterocycles. The maximum absolute atomic E-state index is 12.5. The van der Waals surface area contributed by atoms with Gasteiger partial charge in [0.15, 0.2) is 6.10 Å². The van der Waals surface area contributed by atoms with Gasteiger partial charge in [-0.2, -0.15) is 0 Å². The summed E-state index contributed by atoms with van der Waals surface area (Å²) in [5.74, 6) is -0.252. The topological polar surface area (TPSA) is 77.8 Å². The molecule has 0 spiro atoms. The van der Waals surface area contributed by atoms with Crippen molar-refractivity contribution < 1.29 is 23.5 Å². The van der Waals surface area contributed by atoms with Gasteiger partial charge < -0.3 is 19.2 Å². The summed E-state index contributed by atoms with van der Waals surface area (Å²) in [6.07, 6.45) is -0.942. The smallest absolute Gasteiger partial charge is 0.375 e. The van der Waals surface area contributed by atoms with Crippen molar-refractivity contribution in [2.24, 2.45) is 0 Å². The minimum absolute atomic E-state index is 0.0892. The van der Waals surface area contributed by atoms with Crippen LogP contribution in [-0.2, 0) is 16.1 Å². The van der Waals surface area contributed by atoms with Crippen molar-refractivity contribution in [2.75, 3.05) is 6.61 Å². The van der Waals surface area contributed by atoms with Crippen molar-refractivity contribution in [3.8, 4) is 5.75 Å². The Hall–Kier alpha value is -3.28. The molecular formula is C22H23NO5. The standard InChI is InChI=1S/C22H23NO5/c1-4-26-17-10-11-19-18(12-17)14(2)20(28-19)22(25)27-15(3)21(24)23-13-16-8-6-5-7-9-16/h5-12,15H,4,13H2,1-3H3,(H,23,24)/t15-/m0/s1. The number of hydrogen-bond donors (Lipinski definition) is 1. The number of rotatable bonds is 7. The third-order valence-electron chi connectivity index (χ3n) is 4.37. The van der Waals surface area contributed by atoms with E-state index in [1.807, 2.05) is 43.3 Å². The lowest BCUT2D eigenvalue weighted by atomic mass is 10.1. The summed E-state index contributed by atoms with van der Waals surface area (Å²) in [5, 5.41) is 3.53. The Morgan fingerprint density at radius 1 is 1.14 bits per heavy atom. The van der Waals surface area contributed by atoms with Crippen LogP contribution in [0.15, 0.2) is 52.9 Å². The number of ether oxygens (including phenoxy) is 2. The minimum Gasteiger partial charge on any atom is -0.494 e. The van der Waals surface area contributed by atoms with E-state index in [9.17, 15) is 9.59 Å². The Bertz CT molecular complexity index is 977. The maximum atomic E-state index is 12.5. The Morgan fingerprint density at radius 2 is 1.89 bits per heavy atom. The van der Waals surface area contributed by atoms with Gasteiger partial charge >= 0.3 is 5.97 Å². The van der Waals surface area contributed by atoms with Crippen LogP contribution in [-0.4, -0.2) is 24.6 Å². The molecule has 1 aromatic heterocycles. The van der Waals surface area contributed by atoms with E-state index in [1.54, 1.807) is 19.1 Å². The Kier molecular flexibility index (Phi) is 5.99. The summed E-state index contributed by atoms with van der Waals surface area (Å²) >= 11 is 0. The second-order valence-corrected chi connectivity index (χ2v) is 6.40. The maximum Gasteiger partial charge on any atom is 0.375 e. The summed E-state index contributed by atoms with van der Waals surface area (Å²) in [6.45, 7) is 6.12. The van der Waals surface area contributed by atoms with E-state index in [0.29, 0.717) is 30.0 Å². The Morgan fingerprint density at radius 3 is 2.61 bits per heavy atom.